The van der Waals surface area contributed by atoms with Crippen LogP contribution in [-0.2, 0) is 9.47 Å². The van der Waals surface area contributed by atoms with E-state index in [0.717, 1.165) is 12.8 Å². The molecule has 0 spiro atoms. The second kappa shape index (κ2) is 16.7. The Labute approximate surface area is 182 Å². The van der Waals surface area contributed by atoms with Crippen molar-refractivity contribution < 1.29 is 39.5 Å². The van der Waals surface area contributed by atoms with Gasteiger partial charge in [-0.2, -0.15) is 0 Å². The monoisotopic (exact) mass is 436 g/mol. The van der Waals surface area contributed by atoms with Crippen LogP contribution in [0.1, 0.15) is 54.3 Å². The standard InChI is InChI=1S/2C10H12O3.C3H8O2/c2*1-2-7-13-10(12)8-3-5-9(11)6-4-8;1-3(5)2-4/h2*3-6,11H,2,7H2,1H3;3-5H,2H2,1H3. The average molecular weight is 437 g/mol. The number of aliphatic hydroxyl groups is 2. The normalized spacial score (nSPS) is 10.5. The maximum atomic E-state index is 11.2. The Kier molecular flexibility index (Phi) is 15.0. The van der Waals surface area contributed by atoms with Gasteiger partial charge in [-0.1, -0.05) is 13.8 Å². The summed E-state index contributed by atoms with van der Waals surface area (Å²) in [5.41, 5.74) is 0.928. The van der Waals surface area contributed by atoms with Gasteiger partial charge in [0.25, 0.3) is 0 Å². The number of phenolic OH excluding ortho intramolecular Hbond substituents is 2. The van der Waals surface area contributed by atoms with Gasteiger partial charge in [-0.05, 0) is 68.3 Å². The highest BCUT2D eigenvalue weighted by Crippen LogP contribution is 2.11. The van der Waals surface area contributed by atoms with Gasteiger partial charge in [0.15, 0.2) is 0 Å². The summed E-state index contributed by atoms with van der Waals surface area (Å²) in [5, 5.41) is 33.9. The molecule has 0 aliphatic heterocycles. The molecule has 2 aromatic rings. The van der Waals surface area contributed by atoms with Crippen LogP contribution in [0.2, 0.25) is 0 Å². The molecule has 1 atom stereocenters. The summed E-state index contributed by atoms with van der Waals surface area (Å²) < 4.78 is 9.79. The first-order valence-electron chi connectivity index (χ1n) is 9.96. The SMILES string of the molecule is CC(O)CO.CCCOC(=O)c1ccc(O)cc1.CCCOC(=O)c1ccc(O)cc1. The molecule has 4 N–H and O–H groups in total. The predicted octanol–water partition coefficient (Wildman–Crippen LogP) is 3.28. The smallest absolute Gasteiger partial charge is 0.338 e. The van der Waals surface area contributed by atoms with E-state index in [9.17, 15) is 9.59 Å². The molecule has 0 bridgehead atoms. The van der Waals surface area contributed by atoms with E-state index >= 15 is 0 Å². The van der Waals surface area contributed by atoms with Gasteiger partial charge in [-0.3, -0.25) is 0 Å². The lowest BCUT2D eigenvalue weighted by Crippen LogP contribution is -2.05. The quantitative estimate of drug-likeness (QED) is 0.486. The Balaban J connectivity index is 0.000000479. The Morgan fingerprint density at radius 3 is 1.29 bits per heavy atom. The van der Waals surface area contributed by atoms with Crippen molar-refractivity contribution in [3.63, 3.8) is 0 Å². The highest BCUT2D eigenvalue weighted by atomic mass is 16.5. The number of phenols is 2. The van der Waals surface area contributed by atoms with E-state index in [2.05, 4.69) is 0 Å². The van der Waals surface area contributed by atoms with Crippen LogP contribution in [0.4, 0.5) is 0 Å². The fourth-order valence-corrected chi connectivity index (χ4v) is 1.75. The van der Waals surface area contributed by atoms with Crippen molar-refractivity contribution in [2.75, 3.05) is 19.8 Å². The molecule has 2 rings (SSSR count). The molecule has 0 amide bonds. The third-order valence-corrected chi connectivity index (χ3v) is 3.34. The number of rotatable bonds is 7. The van der Waals surface area contributed by atoms with Gasteiger partial charge in [0, 0.05) is 0 Å². The van der Waals surface area contributed by atoms with Crippen LogP contribution in [0, 0.1) is 0 Å². The van der Waals surface area contributed by atoms with Gasteiger partial charge in [0.1, 0.15) is 11.5 Å². The van der Waals surface area contributed by atoms with Crippen molar-refractivity contribution in [1.29, 1.82) is 0 Å². The maximum absolute atomic E-state index is 11.2. The van der Waals surface area contributed by atoms with Gasteiger partial charge in [0.2, 0.25) is 0 Å². The topological polar surface area (TPSA) is 134 Å². The minimum Gasteiger partial charge on any atom is -0.508 e. The van der Waals surface area contributed by atoms with Crippen LogP contribution in [0.3, 0.4) is 0 Å². The number of aromatic hydroxyl groups is 2. The minimum absolute atomic E-state index is 0.139. The first kappa shape index (κ1) is 27.9. The van der Waals surface area contributed by atoms with E-state index in [0.29, 0.717) is 24.3 Å². The Morgan fingerprint density at radius 1 is 0.774 bits per heavy atom. The van der Waals surface area contributed by atoms with Gasteiger partial charge in [-0.25, -0.2) is 9.59 Å². The highest BCUT2D eigenvalue weighted by molar-refractivity contribution is 5.89. The molecule has 0 radical (unpaired) electrons. The molecule has 0 aromatic heterocycles. The van der Waals surface area contributed by atoms with Gasteiger partial charge in [0.05, 0.1) is 37.1 Å². The summed E-state index contributed by atoms with van der Waals surface area (Å²) in [5.74, 6) is -0.400. The first-order valence-corrected chi connectivity index (χ1v) is 9.96. The molecule has 0 aliphatic carbocycles. The van der Waals surface area contributed by atoms with E-state index in [4.69, 9.17) is 29.9 Å². The summed E-state index contributed by atoms with van der Waals surface area (Å²) >= 11 is 0. The number of hydrogen-bond acceptors (Lipinski definition) is 8. The second-order valence-corrected chi connectivity index (χ2v) is 6.40. The zero-order chi connectivity index (χ0) is 23.6. The van der Waals surface area contributed by atoms with Gasteiger partial charge >= 0.3 is 11.9 Å². The summed E-state index contributed by atoms with van der Waals surface area (Å²) in [6, 6.07) is 12.0. The van der Waals surface area contributed by atoms with E-state index in [1.54, 1.807) is 0 Å². The van der Waals surface area contributed by atoms with Crippen LogP contribution < -0.4 is 0 Å². The number of carbonyl (C=O) groups excluding carboxylic acids is 2. The lowest BCUT2D eigenvalue weighted by atomic mass is 10.2. The number of aliphatic hydroxyl groups excluding tert-OH is 2. The lowest BCUT2D eigenvalue weighted by molar-refractivity contribution is 0.0496. The highest BCUT2D eigenvalue weighted by Gasteiger charge is 2.06. The number of esters is 2. The molecule has 2 aromatic carbocycles. The zero-order valence-corrected chi connectivity index (χ0v) is 18.2. The van der Waals surface area contributed by atoms with Crippen molar-refractivity contribution >= 4 is 11.9 Å². The fraction of sp³-hybridized carbons (Fsp3) is 0.391. The third kappa shape index (κ3) is 13.7. The van der Waals surface area contributed by atoms with Gasteiger partial charge < -0.3 is 29.9 Å². The van der Waals surface area contributed by atoms with Crippen molar-refractivity contribution in [3.05, 3.63) is 59.7 Å². The molecule has 31 heavy (non-hydrogen) atoms. The molecule has 0 saturated heterocycles. The van der Waals surface area contributed by atoms with Crippen LogP contribution in [0.15, 0.2) is 48.5 Å². The molecular weight excluding hydrogens is 404 g/mol. The van der Waals surface area contributed by atoms with Crippen molar-refractivity contribution in [2.45, 2.75) is 39.7 Å². The summed E-state index contributed by atoms with van der Waals surface area (Å²) in [6.45, 7) is 6.12. The van der Waals surface area contributed by atoms with E-state index in [1.807, 2.05) is 13.8 Å². The van der Waals surface area contributed by atoms with E-state index < -0.39 is 6.10 Å². The molecule has 8 nitrogen and oxygen atoms in total. The molecule has 8 heteroatoms. The molecular formula is C23H32O8. The predicted molar refractivity (Wildman–Crippen MR) is 116 cm³/mol. The fourth-order valence-electron chi connectivity index (χ4n) is 1.75. The molecule has 1 unspecified atom stereocenters. The third-order valence-electron chi connectivity index (χ3n) is 3.34. The number of carbonyl (C=O) groups is 2. The summed E-state index contributed by atoms with van der Waals surface area (Å²) in [7, 11) is 0. The van der Waals surface area contributed by atoms with Crippen molar-refractivity contribution in [3.8, 4) is 11.5 Å². The second-order valence-electron chi connectivity index (χ2n) is 6.40. The number of hydrogen-bond donors (Lipinski definition) is 4. The maximum Gasteiger partial charge on any atom is 0.338 e. The van der Waals surface area contributed by atoms with Crippen LogP contribution >= 0.6 is 0 Å². The van der Waals surface area contributed by atoms with Crippen LogP contribution in [-0.4, -0.2) is 58.3 Å². The molecule has 172 valence electrons. The molecule has 0 saturated carbocycles. The summed E-state index contributed by atoms with van der Waals surface area (Å²) in [4.78, 5) is 22.4. The summed E-state index contributed by atoms with van der Waals surface area (Å²) in [6.07, 6.45) is 1.06. The minimum atomic E-state index is -0.560. The zero-order valence-electron chi connectivity index (χ0n) is 18.2. The van der Waals surface area contributed by atoms with Crippen LogP contribution in [0.5, 0.6) is 11.5 Å². The Bertz CT molecular complexity index is 678. The molecule has 0 aliphatic rings. The van der Waals surface area contributed by atoms with Crippen molar-refractivity contribution in [1.82, 2.24) is 0 Å². The first-order chi connectivity index (χ1) is 14.7. The number of benzene rings is 2. The van der Waals surface area contributed by atoms with Crippen molar-refractivity contribution in [2.24, 2.45) is 0 Å². The number of ether oxygens (including phenoxy) is 2. The van der Waals surface area contributed by atoms with Crippen LogP contribution in [0.25, 0.3) is 0 Å². The largest absolute Gasteiger partial charge is 0.508 e. The molecule has 0 fully saturated rings. The Morgan fingerprint density at radius 2 is 1.06 bits per heavy atom. The lowest BCUT2D eigenvalue weighted by Gasteiger charge is -2.02. The average Bonchev–Trinajstić information content (AvgIpc) is 2.77. The van der Waals surface area contributed by atoms with E-state index in [-0.39, 0.29) is 30.0 Å². The van der Waals surface area contributed by atoms with Gasteiger partial charge in [-0.15, -0.1) is 0 Å². The Hall–Kier alpha value is -3.10. The van der Waals surface area contributed by atoms with E-state index in [1.165, 1.54) is 55.5 Å². The molecule has 0 heterocycles.